The van der Waals surface area contributed by atoms with Crippen LogP contribution in [-0.4, -0.2) is 34.0 Å². The summed E-state index contributed by atoms with van der Waals surface area (Å²) in [6.45, 7) is -0.141. The van der Waals surface area contributed by atoms with Crippen LogP contribution in [0.1, 0.15) is 0 Å². The van der Waals surface area contributed by atoms with Gasteiger partial charge in [-0.25, -0.2) is 9.78 Å². The van der Waals surface area contributed by atoms with Crippen LogP contribution in [0.4, 0.5) is 17.2 Å². The lowest BCUT2D eigenvalue weighted by molar-refractivity contribution is -0.114. The summed E-state index contributed by atoms with van der Waals surface area (Å²) in [7, 11) is 2.93. The number of rotatable bonds is 6. The minimum atomic E-state index is -0.543. The Morgan fingerprint density at radius 2 is 2.15 bits per heavy atom. The van der Waals surface area contributed by atoms with E-state index < -0.39 is 11.2 Å². The summed E-state index contributed by atoms with van der Waals surface area (Å²) in [6, 6.07) is 7.34. The van der Waals surface area contributed by atoms with Crippen LogP contribution in [-0.2, 0) is 11.8 Å². The molecule has 27 heavy (non-hydrogen) atoms. The molecular weight excluding hydrogens is 368 g/mol. The van der Waals surface area contributed by atoms with Gasteiger partial charge in [0, 0.05) is 36.9 Å². The average Bonchev–Trinajstić information content (AvgIpc) is 3.20. The van der Waals surface area contributed by atoms with Crippen molar-refractivity contribution in [2.24, 2.45) is 7.05 Å². The number of aromatic nitrogens is 3. The summed E-state index contributed by atoms with van der Waals surface area (Å²) >= 11 is 1.51. The highest BCUT2D eigenvalue weighted by atomic mass is 32.1. The summed E-state index contributed by atoms with van der Waals surface area (Å²) in [4.78, 5) is 42.9. The Hall–Kier alpha value is -3.40. The van der Waals surface area contributed by atoms with Gasteiger partial charge < -0.3 is 16.0 Å². The first-order chi connectivity index (χ1) is 13.0. The number of H-pyrrole nitrogens is 1. The highest BCUT2D eigenvalue weighted by Gasteiger charge is 2.12. The summed E-state index contributed by atoms with van der Waals surface area (Å²) < 4.78 is 0.929. The third kappa shape index (κ3) is 4.06. The summed E-state index contributed by atoms with van der Waals surface area (Å²) in [5, 5.41) is 11.0. The molecule has 0 bridgehead atoms. The Labute approximate surface area is 158 Å². The van der Waals surface area contributed by atoms with Crippen LogP contribution in [0.2, 0.25) is 0 Å². The highest BCUT2D eigenvalue weighted by molar-refractivity contribution is 7.13. The van der Waals surface area contributed by atoms with Crippen molar-refractivity contribution in [3.63, 3.8) is 0 Å². The smallest absolute Gasteiger partial charge is 0.329 e. The zero-order chi connectivity index (χ0) is 19.4. The van der Waals surface area contributed by atoms with Crippen LogP contribution in [0.25, 0.3) is 10.6 Å². The predicted octanol–water partition coefficient (Wildman–Crippen LogP) is 1.29. The molecule has 10 heteroatoms. The molecule has 0 fully saturated rings. The van der Waals surface area contributed by atoms with Crippen LogP contribution in [0.3, 0.4) is 0 Å². The highest BCUT2D eigenvalue weighted by Crippen LogP contribution is 2.24. The maximum absolute atomic E-state index is 12.3. The minimum absolute atomic E-state index is 0.117. The second-order valence-electron chi connectivity index (χ2n) is 5.61. The lowest BCUT2D eigenvalue weighted by atomic mass is 10.2. The molecule has 4 N–H and O–H groups in total. The molecule has 0 spiro atoms. The largest absolute Gasteiger partial charge is 0.373 e. The van der Waals surface area contributed by atoms with Crippen LogP contribution >= 0.6 is 11.3 Å². The fourth-order valence-corrected chi connectivity index (χ4v) is 3.08. The van der Waals surface area contributed by atoms with Gasteiger partial charge >= 0.3 is 5.69 Å². The number of hydrogen-bond acceptors (Lipinski definition) is 7. The monoisotopic (exact) mass is 386 g/mol. The van der Waals surface area contributed by atoms with Gasteiger partial charge in [-0.2, -0.15) is 0 Å². The van der Waals surface area contributed by atoms with E-state index in [1.807, 2.05) is 23.6 Å². The lowest BCUT2D eigenvalue weighted by Crippen LogP contribution is -2.36. The second kappa shape index (κ2) is 7.87. The Morgan fingerprint density at radius 1 is 1.33 bits per heavy atom. The number of carbonyl (C=O) groups excluding carboxylic acids is 1. The van der Waals surface area contributed by atoms with E-state index in [1.165, 1.54) is 18.4 Å². The summed E-state index contributed by atoms with van der Waals surface area (Å²) in [5.74, 6) is -0.108. The van der Waals surface area contributed by atoms with Crippen molar-refractivity contribution in [2.75, 3.05) is 29.5 Å². The molecule has 3 aromatic rings. The summed E-state index contributed by atoms with van der Waals surface area (Å²) in [6.07, 6.45) is 1.72. The normalized spacial score (nSPS) is 10.4. The first-order valence-corrected chi connectivity index (χ1v) is 8.92. The van der Waals surface area contributed by atoms with Gasteiger partial charge in [0.15, 0.2) is 0 Å². The lowest BCUT2D eigenvalue weighted by Gasteiger charge is -2.12. The van der Waals surface area contributed by atoms with Gasteiger partial charge in [-0.1, -0.05) is 12.1 Å². The fourth-order valence-electron chi connectivity index (χ4n) is 2.44. The SMILES string of the molecule is CNc1[nH]c(=O)n(C)c(=O)c1NCC(=O)Nc1cccc(-c2nccs2)c1. The van der Waals surface area contributed by atoms with E-state index in [0.717, 1.165) is 15.1 Å². The number of anilines is 3. The quantitative estimate of drug-likeness (QED) is 0.507. The zero-order valence-corrected chi connectivity index (χ0v) is 15.5. The predicted molar refractivity (Wildman–Crippen MR) is 107 cm³/mol. The number of aromatic amines is 1. The number of hydrogen-bond donors (Lipinski definition) is 4. The number of nitrogens with zero attached hydrogens (tertiary/aromatic N) is 2. The maximum atomic E-state index is 12.3. The molecule has 140 valence electrons. The van der Waals surface area contributed by atoms with E-state index in [-0.39, 0.29) is 24.0 Å². The van der Waals surface area contributed by atoms with Crippen molar-refractivity contribution in [3.8, 4) is 10.6 Å². The van der Waals surface area contributed by atoms with Crippen molar-refractivity contribution in [1.29, 1.82) is 0 Å². The van der Waals surface area contributed by atoms with Crippen LogP contribution < -0.4 is 27.2 Å². The minimum Gasteiger partial charge on any atom is -0.373 e. The molecule has 0 aliphatic heterocycles. The van der Waals surface area contributed by atoms with E-state index in [2.05, 4.69) is 25.9 Å². The Morgan fingerprint density at radius 3 is 2.85 bits per heavy atom. The van der Waals surface area contributed by atoms with Crippen LogP contribution in [0.15, 0.2) is 45.4 Å². The number of amides is 1. The molecule has 1 aromatic carbocycles. The number of benzene rings is 1. The molecule has 0 atom stereocenters. The fraction of sp³-hybridized carbons (Fsp3) is 0.176. The van der Waals surface area contributed by atoms with E-state index in [9.17, 15) is 14.4 Å². The molecular formula is C17H18N6O3S. The maximum Gasteiger partial charge on any atom is 0.329 e. The molecule has 0 unspecified atom stereocenters. The third-order valence-corrected chi connectivity index (χ3v) is 4.63. The van der Waals surface area contributed by atoms with Gasteiger partial charge in [-0.3, -0.25) is 19.1 Å². The molecule has 0 saturated carbocycles. The second-order valence-corrected chi connectivity index (χ2v) is 6.51. The third-order valence-electron chi connectivity index (χ3n) is 3.81. The summed E-state index contributed by atoms with van der Waals surface area (Å²) in [5.41, 5.74) is 0.576. The van der Waals surface area contributed by atoms with E-state index in [1.54, 1.807) is 19.3 Å². The van der Waals surface area contributed by atoms with Crippen molar-refractivity contribution >= 4 is 34.4 Å². The zero-order valence-electron chi connectivity index (χ0n) is 14.7. The topological polar surface area (TPSA) is 121 Å². The van der Waals surface area contributed by atoms with Gasteiger partial charge in [0.1, 0.15) is 16.5 Å². The van der Waals surface area contributed by atoms with Crippen molar-refractivity contribution in [2.45, 2.75) is 0 Å². The van der Waals surface area contributed by atoms with Gasteiger partial charge in [-0.05, 0) is 12.1 Å². The van der Waals surface area contributed by atoms with E-state index in [4.69, 9.17) is 0 Å². The van der Waals surface area contributed by atoms with Gasteiger partial charge in [0.2, 0.25) is 5.91 Å². The first-order valence-electron chi connectivity index (χ1n) is 8.04. The van der Waals surface area contributed by atoms with Gasteiger partial charge in [0.25, 0.3) is 5.56 Å². The van der Waals surface area contributed by atoms with Crippen LogP contribution in [0, 0.1) is 0 Å². The molecule has 2 aromatic heterocycles. The number of thiazole rings is 1. The Kier molecular flexibility index (Phi) is 5.36. The standard InChI is InChI=1S/C17H18N6O3S/c1-18-14-13(16(25)23(2)17(26)22-14)20-9-12(24)21-11-5-3-4-10(8-11)15-19-6-7-27-15/h3-8,18,20H,9H2,1-2H3,(H,21,24)(H,22,26). The van der Waals surface area contributed by atoms with Crippen molar-refractivity contribution in [3.05, 3.63) is 56.7 Å². The number of nitrogens with one attached hydrogen (secondary N) is 4. The molecule has 9 nitrogen and oxygen atoms in total. The average molecular weight is 386 g/mol. The van der Waals surface area contributed by atoms with Crippen LogP contribution in [0.5, 0.6) is 0 Å². The number of carbonyl (C=O) groups is 1. The molecule has 0 aliphatic carbocycles. The van der Waals surface area contributed by atoms with Crippen molar-refractivity contribution < 1.29 is 4.79 Å². The van der Waals surface area contributed by atoms with Gasteiger partial charge in [-0.15, -0.1) is 11.3 Å². The molecule has 1 amide bonds. The molecule has 0 saturated heterocycles. The first kappa shape index (κ1) is 18.4. The molecule has 0 aliphatic rings. The Bertz CT molecular complexity index is 1070. The molecule has 2 heterocycles. The Balaban J connectivity index is 1.71. The van der Waals surface area contributed by atoms with Crippen molar-refractivity contribution in [1.82, 2.24) is 14.5 Å². The van der Waals surface area contributed by atoms with E-state index in [0.29, 0.717) is 5.69 Å². The van der Waals surface area contributed by atoms with Gasteiger partial charge in [0.05, 0.1) is 6.54 Å². The molecule has 3 rings (SSSR count). The molecule has 0 radical (unpaired) electrons. The van der Waals surface area contributed by atoms with E-state index >= 15 is 0 Å².